The minimum Gasteiger partial charge on any atom is -0.481 e. The summed E-state index contributed by atoms with van der Waals surface area (Å²) >= 11 is 0. The second kappa shape index (κ2) is 9.46. The number of hydrogen-bond acceptors (Lipinski definition) is 10. The molecule has 0 aromatic carbocycles. The summed E-state index contributed by atoms with van der Waals surface area (Å²) in [6.45, 7) is 3.51. The Morgan fingerprint density at radius 2 is 1.96 bits per heavy atom. The van der Waals surface area contributed by atoms with E-state index in [-0.39, 0.29) is 19.0 Å². The van der Waals surface area contributed by atoms with Crippen LogP contribution in [0.2, 0.25) is 0 Å². The summed E-state index contributed by atoms with van der Waals surface area (Å²) in [6.07, 6.45) is -0.654. The van der Waals surface area contributed by atoms with Crippen LogP contribution >= 0.6 is 0 Å². The largest absolute Gasteiger partial charge is 0.481 e. The molecular weight excluding hydrogens is 352 g/mol. The second-order valence-electron chi connectivity index (χ2n) is 5.24. The number of carbonyl (C=O) groups excluding carboxylic acids is 2. The van der Waals surface area contributed by atoms with Gasteiger partial charge in [-0.2, -0.15) is 4.98 Å². The quantitative estimate of drug-likeness (QED) is 0.626. The molecule has 0 aliphatic carbocycles. The Morgan fingerprint density at radius 1 is 1.35 bits per heavy atom. The lowest BCUT2D eigenvalue weighted by atomic mass is 10.2. The van der Waals surface area contributed by atoms with Gasteiger partial charge in [0.05, 0.1) is 0 Å². The second-order valence-corrected chi connectivity index (χ2v) is 5.24. The number of esters is 2. The van der Waals surface area contributed by atoms with Crippen molar-refractivity contribution >= 4 is 23.9 Å². The van der Waals surface area contributed by atoms with Crippen LogP contribution in [0.5, 0.6) is 0 Å². The van der Waals surface area contributed by atoms with Crippen molar-refractivity contribution in [3.8, 4) is 0 Å². The molecule has 3 N–H and O–H groups in total. The molecule has 1 aliphatic heterocycles. The van der Waals surface area contributed by atoms with Crippen molar-refractivity contribution < 1.29 is 33.7 Å². The normalized spacial score (nSPS) is 21.3. The third kappa shape index (κ3) is 6.84. The third-order valence-electron chi connectivity index (χ3n) is 3.00. The van der Waals surface area contributed by atoms with Crippen molar-refractivity contribution in [2.45, 2.75) is 45.6 Å². The number of nitrogen functional groups attached to an aromatic ring is 1. The summed E-state index contributed by atoms with van der Waals surface area (Å²) < 4.78 is 16.8. The molecule has 3 atom stereocenters. The van der Waals surface area contributed by atoms with E-state index in [9.17, 15) is 14.4 Å². The molecule has 12 heteroatoms. The van der Waals surface area contributed by atoms with Gasteiger partial charge in [-0.25, -0.2) is 9.78 Å². The highest BCUT2D eigenvalue weighted by Gasteiger charge is 2.39. The predicted molar refractivity (Wildman–Crippen MR) is 84.7 cm³/mol. The fourth-order valence-electron chi connectivity index (χ4n) is 2.11. The molecule has 1 unspecified atom stereocenters. The molecule has 0 bridgehead atoms. The van der Waals surface area contributed by atoms with Gasteiger partial charge in [-0.3, -0.25) is 19.0 Å². The summed E-state index contributed by atoms with van der Waals surface area (Å²) in [5.41, 5.74) is 4.69. The number of aliphatic carboxylic acids is 1. The fourth-order valence-corrected chi connectivity index (χ4v) is 2.11. The number of hydrogen-bond donors (Lipinski definition) is 2. The first-order valence-corrected chi connectivity index (χ1v) is 7.46. The van der Waals surface area contributed by atoms with E-state index in [0.717, 1.165) is 11.5 Å². The summed E-state index contributed by atoms with van der Waals surface area (Å²) in [5, 5.41) is 7.42. The van der Waals surface area contributed by atoms with Crippen molar-refractivity contribution in [2.24, 2.45) is 0 Å². The number of anilines is 1. The molecule has 0 spiro atoms. The van der Waals surface area contributed by atoms with Crippen LogP contribution in [0.3, 0.4) is 0 Å². The highest BCUT2D eigenvalue weighted by Crippen LogP contribution is 2.30. The van der Waals surface area contributed by atoms with Crippen LogP contribution in [0.25, 0.3) is 0 Å². The molecule has 144 valence electrons. The van der Waals surface area contributed by atoms with E-state index in [1.165, 1.54) is 20.2 Å². The van der Waals surface area contributed by atoms with Crippen molar-refractivity contribution in [3.05, 3.63) is 16.8 Å². The number of nitrogens with two attached hydrogens (primary N) is 1. The van der Waals surface area contributed by atoms with Gasteiger partial charge >= 0.3 is 17.6 Å². The minimum absolute atomic E-state index is 0.0889. The van der Waals surface area contributed by atoms with Gasteiger partial charge in [-0.05, 0) is 0 Å². The number of rotatable bonds is 4. The zero-order chi connectivity index (χ0) is 19.9. The zero-order valence-electron chi connectivity index (χ0n) is 14.4. The topological polar surface area (TPSA) is 173 Å². The van der Waals surface area contributed by atoms with Crippen LogP contribution in [0.4, 0.5) is 5.95 Å². The maximum Gasteiger partial charge on any atom is 0.354 e. The Hall–Kier alpha value is -3.02. The monoisotopic (exact) mass is 372 g/mol. The molecule has 0 radical (unpaired) electrons. The Bertz CT molecular complexity index is 715. The van der Waals surface area contributed by atoms with E-state index in [2.05, 4.69) is 9.97 Å². The van der Waals surface area contributed by atoms with Gasteiger partial charge in [0.15, 0.2) is 0 Å². The van der Waals surface area contributed by atoms with Gasteiger partial charge in [0, 0.05) is 27.2 Å². The van der Waals surface area contributed by atoms with Crippen molar-refractivity contribution in [1.82, 2.24) is 14.5 Å². The smallest absolute Gasteiger partial charge is 0.354 e. The molecule has 2 heterocycles. The molecule has 12 nitrogen and oxygen atoms in total. The van der Waals surface area contributed by atoms with E-state index in [1.54, 1.807) is 0 Å². The Kier molecular flexibility index (Phi) is 7.65. The predicted octanol–water partition coefficient (Wildman–Crippen LogP) is -0.906. The fraction of sp³-hybridized carbons (Fsp3) is 0.571. The van der Waals surface area contributed by atoms with E-state index in [4.69, 9.17) is 29.8 Å². The van der Waals surface area contributed by atoms with Crippen LogP contribution in [0.15, 0.2) is 11.1 Å². The van der Waals surface area contributed by atoms with Crippen LogP contribution in [-0.2, 0) is 28.6 Å². The number of carbonyl (C=O) groups is 3. The first-order valence-electron chi connectivity index (χ1n) is 7.46. The van der Waals surface area contributed by atoms with Gasteiger partial charge in [0.2, 0.25) is 5.95 Å². The van der Waals surface area contributed by atoms with E-state index < -0.39 is 42.0 Å². The maximum absolute atomic E-state index is 11.8. The number of ether oxygens (including phenoxy) is 3. The third-order valence-corrected chi connectivity index (χ3v) is 3.00. The van der Waals surface area contributed by atoms with E-state index in [0.29, 0.717) is 0 Å². The van der Waals surface area contributed by atoms with Gasteiger partial charge in [0.1, 0.15) is 31.4 Å². The molecule has 1 saturated heterocycles. The molecule has 1 aromatic heterocycles. The molecule has 1 aromatic rings. The first kappa shape index (κ1) is 21.0. The molecule has 1 fully saturated rings. The SMILES string of the molecule is CC(=O)O.CC(=O)OCC1O[C@@H](n2cnc(N)nc2=O)C[C@H]1OC(C)=O. The Labute approximate surface area is 147 Å². The summed E-state index contributed by atoms with van der Waals surface area (Å²) in [6, 6.07) is 0. The van der Waals surface area contributed by atoms with E-state index >= 15 is 0 Å². The van der Waals surface area contributed by atoms with Crippen molar-refractivity contribution in [1.29, 1.82) is 0 Å². The average molecular weight is 372 g/mol. The van der Waals surface area contributed by atoms with Gasteiger partial charge in [-0.1, -0.05) is 0 Å². The number of carboxylic acids is 1. The molecule has 26 heavy (non-hydrogen) atoms. The molecule has 1 aliphatic rings. The molecular formula is C14H20N4O8. The Balaban J connectivity index is 0.000000765. The first-order chi connectivity index (χ1) is 12.1. The number of nitrogens with zero attached hydrogens (tertiary/aromatic N) is 3. The molecule has 2 rings (SSSR count). The van der Waals surface area contributed by atoms with Crippen LogP contribution < -0.4 is 11.4 Å². The van der Waals surface area contributed by atoms with Crippen LogP contribution in [0, 0.1) is 0 Å². The van der Waals surface area contributed by atoms with Gasteiger partial charge in [0.25, 0.3) is 5.97 Å². The number of aromatic nitrogens is 3. The highest BCUT2D eigenvalue weighted by molar-refractivity contribution is 5.66. The van der Waals surface area contributed by atoms with Crippen molar-refractivity contribution in [2.75, 3.05) is 12.3 Å². The molecule has 0 saturated carbocycles. The summed E-state index contributed by atoms with van der Waals surface area (Å²) in [5.74, 6) is -1.96. The lowest BCUT2D eigenvalue weighted by Gasteiger charge is -2.17. The minimum atomic E-state index is -0.833. The van der Waals surface area contributed by atoms with Crippen LogP contribution in [-0.4, -0.2) is 56.4 Å². The summed E-state index contributed by atoms with van der Waals surface area (Å²) in [4.78, 5) is 50.1. The van der Waals surface area contributed by atoms with Crippen LogP contribution in [0.1, 0.15) is 33.4 Å². The zero-order valence-corrected chi connectivity index (χ0v) is 14.4. The lowest BCUT2D eigenvalue weighted by molar-refractivity contribution is -0.155. The average Bonchev–Trinajstić information content (AvgIpc) is 2.86. The van der Waals surface area contributed by atoms with Gasteiger partial charge in [-0.15, -0.1) is 0 Å². The molecule has 0 amide bonds. The lowest BCUT2D eigenvalue weighted by Crippen LogP contribution is -2.31. The highest BCUT2D eigenvalue weighted by atomic mass is 16.6. The van der Waals surface area contributed by atoms with Gasteiger partial charge < -0.3 is 25.1 Å². The maximum atomic E-state index is 11.8. The Morgan fingerprint density at radius 3 is 2.46 bits per heavy atom. The standard InChI is InChI=1S/C12H16N4O6.C2H4O2/c1-6(17)20-4-9-8(21-7(2)18)3-10(22-9)16-5-14-11(13)15-12(16)19;1-2(3)4/h5,8-10H,3-4H2,1-2H3,(H2,13,15,19);1H3,(H,3,4)/t8-,9?,10-;/m1./s1. The van der Waals surface area contributed by atoms with E-state index in [1.807, 2.05) is 0 Å². The summed E-state index contributed by atoms with van der Waals surface area (Å²) in [7, 11) is 0. The van der Waals surface area contributed by atoms with Crippen molar-refractivity contribution in [3.63, 3.8) is 0 Å². The number of carboxylic acid groups (broad SMARTS) is 1.